The van der Waals surface area contributed by atoms with Crippen LogP contribution in [-0.2, 0) is 26.2 Å². The molecule has 0 atom stereocenters. The summed E-state index contributed by atoms with van der Waals surface area (Å²) in [7, 11) is -2.26. The van der Waals surface area contributed by atoms with Gasteiger partial charge in [0.1, 0.15) is 23.8 Å². The van der Waals surface area contributed by atoms with Crippen LogP contribution in [0.3, 0.4) is 0 Å². The van der Waals surface area contributed by atoms with Gasteiger partial charge in [0.05, 0.1) is 29.3 Å². The number of pyridine rings is 1. The maximum absolute atomic E-state index is 13.4. The molecule has 3 heterocycles. The SMILES string of the molecule is COCCC(=N)NOCc1nc2cnc3c(ccn3S(=O)(=O)c3ccccc3)c2n1[C@H]1CC[C@H](CC#N)CC1. The molecule has 3 aromatic heterocycles. The third kappa shape index (κ3) is 5.38. The van der Waals surface area contributed by atoms with Crippen LogP contribution in [0.1, 0.15) is 50.4 Å². The smallest absolute Gasteiger partial charge is 0.269 e. The number of nitrogens with one attached hydrogen (secondary N) is 2. The minimum Gasteiger partial charge on any atom is -0.384 e. The molecule has 1 aliphatic carbocycles. The highest BCUT2D eigenvalue weighted by atomic mass is 32.2. The van der Waals surface area contributed by atoms with E-state index in [-0.39, 0.29) is 23.4 Å². The summed E-state index contributed by atoms with van der Waals surface area (Å²) in [6.07, 6.45) is 7.67. The molecule has 2 N–H and O–H groups in total. The number of benzene rings is 1. The molecule has 11 nitrogen and oxygen atoms in total. The fourth-order valence-electron chi connectivity index (χ4n) is 5.27. The Labute approximate surface area is 226 Å². The Morgan fingerprint density at radius 3 is 2.69 bits per heavy atom. The number of aromatic nitrogens is 4. The predicted octanol–water partition coefficient (Wildman–Crippen LogP) is 4.30. The lowest BCUT2D eigenvalue weighted by atomic mass is 9.84. The van der Waals surface area contributed by atoms with Crippen LogP contribution in [-0.4, -0.2) is 46.5 Å². The molecule has 5 rings (SSSR count). The summed E-state index contributed by atoms with van der Waals surface area (Å²) in [4.78, 5) is 15.2. The monoisotopic (exact) mass is 549 g/mol. The number of amidine groups is 1. The van der Waals surface area contributed by atoms with Crippen molar-refractivity contribution < 1.29 is 18.0 Å². The van der Waals surface area contributed by atoms with Crippen LogP contribution in [0.5, 0.6) is 0 Å². The zero-order valence-corrected chi connectivity index (χ0v) is 22.5. The van der Waals surface area contributed by atoms with E-state index in [9.17, 15) is 8.42 Å². The van der Waals surface area contributed by atoms with Crippen molar-refractivity contribution >= 4 is 37.9 Å². The second kappa shape index (κ2) is 11.5. The van der Waals surface area contributed by atoms with Crippen molar-refractivity contribution in [2.75, 3.05) is 13.7 Å². The van der Waals surface area contributed by atoms with Gasteiger partial charge in [0.25, 0.3) is 10.0 Å². The van der Waals surface area contributed by atoms with Gasteiger partial charge in [0.2, 0.25) is 0 Å². The molecule has 1 aliphatic rings. The number of nitriles is 1. The number of rotatable bonds is 10. The number of hydroxylamine groups is 1. The molecule has 0 aliphatic heterocycles. The second-order valence-corrected chi connectivity index (χ2v) is 11.5. The minimum atomic E-state index is -3.84. The summed E-state index contributed by atoms with van der Waals surface area (Å²) in [6.45, 7) is 0.513. The largest absolute Gasteiger partial charge is 0.384 e. The zero-order chi connectivity index (χ0) is 27.4. The molecule has 0 bridgehead atoms. The van der Waals surface area contributed by atoms with Gasteiger partial charge in [0, 0.05) is 37.6 Å². The first-order chi connectivity index (χ1) is 18.9. The molecule has 1 saturated carbocycles. The standard InChI is InChI=1S/C27H31N7O4S/c1-37-16-13-24(29)32-38-18-25-31-23-17-30-27-22(12-15-33(27)39(35,36)21-5-3-2-4-6-21)26(23)34(25)20-9-7-19(8-10-20)11-14-28/h2-6,12,15,17,19-20H,7-11,13,16,18H2,1H3,(H2,29,32)/t19-,20-. The first-order valence-corrected chi connectivity index (χ1v) is 14.4. The molecule has 204 valence electrons. The third-order valence-corrected chi connectivity index (χ3v) is 8.90. The summed E-state index contributed by atoms with van der Waals surface area (Å²) in [5, 5.41) is 17.8. The van der Waals surface area contributed by atoms with Crippen molar-refractivity contribution in [2.45, 2.75) is 56.1 Å². The molecule has 4 aromatic rings. The highest BCUT2D eigenvalue weighted by molar-refractivity contribution is 7.90. The molecular formula is C27H31N7O4S. The van der Waals surface area contributed by atoms with E-state index in [1.165, 1.54) is 10.2 Å². The molecule has 0 unspecified atom stereocenters. The number of imidazole rings is 1. The Morgan fingerprint density at radius 2 is 1.97 bits per heavy atom. The third-order valence-electron chi connectivity index (χ3n) is 7.22. The number of methoxy groups -OCH3 is 1. The molecular weight excluding hydrogens is 518 g/mol. The Kier molecular flexibility index (Phi) is 7.92. The Morgan fingerprint density at radius 1 is 1.21 bits per heavy atom. The Balaban J connectivity index is 1.55. The number of nitrogens with zero attached hydrogens (tertiary/aromatic N) is 5. The van der Waals surface area contributed by atoms with Gasteiger partial charge in [-0.3, -0.25) is 15.7 Å². The molecule has 0 spiro atoms. The molecule has 12 heteroatoms. The van der Waals surface area contributed by atoms with Gasteiger partial charge in [-0.1, -0.05) is 18.2 Å². The van der Waals surface area contributed by atoms with E-state index in [0.717, 1.165) is 31.2 Å². The molecule has 0 saturated heterocycles. The van der Waals surface area contributed by atoms with Gasteiger partial charge in [-0.25, -0.2) is 22.4 Å². The van der Waals surface area contributed by atoms with E-state index < -0.39 is 10.0 Å². The lowest BCUT2D eigenvalue weighted by molar-refractivity contribution is 0.0599. The van der Waals surface area contributed by atoms with Crippen LogP contribution >= 0.6 is 0 Å². The average Bonchev–Trinajstić information content (AvgIpc) is 3.55. The van der Waals surface area contributed by atoms with E-state index in [1.807, 2.05) is 0 Å². The maximum Gasteiger partial charge on any atom is 0.269 e. The summed E-state index contributed by atoms with van der Waals surface area (Å²) in [5.74, 6) is 1.24. The summed E-state index contributed by atoms with van der Waals surface area (Å²) in [6, 6.07) is 12.5. The topological polar surface area (TPSA) is 148 Å². The van der Waals surface area contributed by atoms with Crippen LogP contribution in [0, 0.1) is 22.7 Å². The zero-order valence-electron chi connectivity index (χ0n) is 21.7. The van der Waals surface area contributed by atoms with Gasteiger partial charge in [-0.15, -0.1) is 0 Å². The van der Waals surface area contributed by atoms with Crippen molar-refractivity contribution in [1.29, 1.82) is 10.7 Å². The summed E-state index contributed by atoms with van der Waals surface area (Å²) >= 11 is 0. The Hall–Kier alpha value is -3.79. The first-order valence-electron chi connectivity index (χ1n) is 12.9. The molecule has 0 radical (unpaired) electrons. The van der Waals surface area contributed by atoms with Gasteiger partial charge in [-0.2, -0.15) is 5.26 Å². The number of hydrogen-bond donors (Lipinski definition) is 2. The van der Waals surface area contributed by atoms with Crippen LogP contribution in [0.2, 0.25) is 0 Å². The Bertz CT molecular complexity index is 1610. The lowest BCUT2D eigenvalue weighted by Crippen LogP contribution is -2.25. The highest BCUT2D eigenvalue weighted by Crippen LogP contribution is 2.38. The van der Waals surface area contributed by atoms with E-state index >= 15 is 0 Å². The van der Waals surface area contributed by atoms with Crippen molar-refractivity contribution in [3.8, 4) is 6.07 Å². The number of fused-ring (bicyclic) bond motifs is 3. The van der Waals surface area contributed by atoms with Crippen molar-refractivity contribution in [1.82, 2.24) is 24.0 Å². The van der Waals surface area contributed by atoms with Crippen molar-refractivity contribution in [3.63, 3.8) is 0 Å². The van der Waals surface area contributed by atoms with E-state index in [0.29, 0.717) is 47.7 Å². The van der Waals surface area contributed by atoms with Gasteiger partial charge in [-0.05, 0) is 49.8 Å². The maximum atomic E-state index is 13.4. The number of ether oxygens (including phenoxy) is 1. The van der Waals surface area contributed by atoms with Crippen molar-refractivity contribution in [3.05, 3.63) is 54.6 Å². The van der Waals surface area contributed by atoms with Gasteiger partial charge >= 0.3 is 0 Å². The average molecular weight is 550 g/mol. The molecule has 0 amide bonds. The fraction of sp³-hybridized carbons (Fsp3) is 0.407. The normalized spacial score (nSPS) is 17.8. The van der Waals surface area contributed by atoms with E-state index in [2.05, 4.69) is 21.1 Å². The summed E-state index contributed by atoms with van der Waals surface area (Å²) in [5.41, 5.74) is 4.44. The minimum absolute atomic E-state index is 0.104. The van der Waals surface area contributed by atoms with Crippen LogP contribution in [0.15, 0.2) is 53.7 Å². The highest BCUT2D eigenvalue weighted by Gasteiger charge is 2.28. The summed E-state index contributed by atoms with van der Waals surface area (Å²) < 4.78 is 35.2. The molecule has 39 heavy (non-hydrogen) atoms. The van der Waals surface area contributed by atoms with Crippen LogP contribution in [0.25, 0.3) is 22.1 Å². The number of hydrogen-bond acceptors (Lipinski definition) is 8. The van der Waals surface area contributed by atoms with E-state index in [1.54, 1.807) is 49.7 Å². The lowest BCUT2D eigenvalue weighted by Gasteiger charge is -2.30. The predicted molar refractivity (Wildman–Crippen MR) is 145 cm³/mol. The second-order valence-electron chi connectivity index (χ2n) is 9.71. The van der Waals surface area contributed by atoms with Crippen molar-refractivity contribution in [2.24, 2.45) is 5.92 Å². The first kappa shape index (κ1) is 26.8. The van der Waals surface area contributed by atoms with Gasteiger partial charge in [0.15, 0.2) is 5.65 Å². The van der Waals surface area contributed by atoms with E-state index in [4.69, 9.17) is 25.2 Å². The van der Waals surface area contributed by atoms with Crippen LogP contribution < -0.4 is 5.48 Å². The molecule has 1 fully saturated rings. The van der Waals surface area contributed by atoms with Crippen LogP contribution in [0.4, 0.5) is 0 Å². The molecule has 1 aromatic carbocycles. The fourth-order valence-corrected chi connectivity index (χ4v) is 6.59. The quantitative estimate of drug-likeness (QED) is 0.169. The van der Waals surface area contributed by atoms with Gasteiger partial charge < -0.3 is 9.30 Å².